The molecule has 0 spiro atoms. The van der Waals surface area contributed by atoms with E-state index in [-0.39, 0.29) is 18.2 Å². The molecule has 0 radical (unpaired) electrons. The van der Waals surface area contributed by atoms with Crippen LogP contribution in [-0.4, -0.2) is 21.8 Å². The van der Waals surface area contributed by atoms with Gasteiger partial charge in [0.25, 0.3) is 0 Å². The quantitative estimate of drug-likeness (QED) is 0.435. The van der Waals surface area contributed by atoms with Crippen molar-refractivity contribution in [2.24, 2.45) is 0 Å². The van der Waals surface area contributed by atoms with Gasteiger partial charge in [-0.25, -0.2) is 9.97 Å². The molecular formula is C20H16N4O2S3. The number of thiazole rings is 2. The van der Waals surface area contributed by atoms with Gasteiger partial charge in [0.2, 0.25) is 11.8 Å². The van der Waals surface area contributed by atoms with Gasteiger partial charge in [-0.05, 0) is 23.6 Å². The van der Waals surface area contributed by atoms with E-state index in [1.54, 1.807) is 11.3 Å². The van der Waals surface area contributed by atoms with E-state index in [4.69, 9.17) is 0 Å². The van der Waals surface area contributed by atoms with Gasteiger partial charge < -0.3 is 10.6 Å². The number of aromatic nitrogens is 2. The fourth-order valence-corrected chi connectivity index (χ4v) is 4.89. The summed E-state index contributed by atoms with van der Waals surface area (Å²) in [6.07, 6.45) is 0.209. The fraction of sp³-hybridized carbons (Fsp3) is 0.100. The van der Waals surface area contributed by atoms with Crippen molar-refractivity contribution in [2.45, 2.75) is 13.3 Å². The summed E-state index contributed by atoms with van der Waals surface area (Å²) in [5, 5.41) is 14.9. The summed E-state index contributed by atoms with van der Waals surface area (Å²) in [6.45, 7) is 1.47. The number of anilines is 2. The summed E-state index contributed by atoms with van der Waals surface area (Å²) < 4.78 is 0. The second kappa shape index (κ2) is 8.64. The van der Waals surface area contributed by atoms with Crippen molar-refractivity contribution in [2.75, 3.05) is 10.6 Å². The molecule has 4 rings (SSSR count). The van der Waals surface area contributed by atoms with E-state index in [0.29, 0.717) is 5.13 Å². The molecule has 3 heterocycles. The van der Waals surface area contributed by atoms with E-state index in [1.807, 2.05) is 51.9 Å². The number of amides is 2. The van der Waals surface area contributed by atoms with E-state index in [9.17, 15) is 9.59 Å². The van der Waals surface area contributed by atoms with Gasteiger partial charge in [-0.2, -0.15) is 11.3 Å². The Labute approximate surface area is 179 Å². The van der Waals surface area contributed by atoms with Crippen molar-refractivity contribution in [3.8, 4) is 21.8 Å². The minimum absolute atomic E-state index is 0.112. The number of rotatable bonds is 6. The molecule has 3 aromatic heterocycles. The highest BCUT2D eigenvalue weighted by Crippen LogP contribution is 2.27. The van der Waals surface area contributed by atoms with Gasteiger partial charge in [0.05, 0.1) is 17.8 Å². The molecule has 0 aliphatic heterocycles. The molecule has 0 atom stereocenters. The Morgan fingerprint density at radius 1 is 0.931 bits per heavy atom. The molecule has 146 valence electrons. The van der Waals surface area contributed by atoms with Crippen molar-refractivity contribution in [1.29, 1.82) is 0 Å². The van der Waals surface area contributed by atoms with Crippen LogP contribution in [0.1, 0.15) is 12.6 Å². The number of hydrogen-bond acceptors (Lipinski definition) is 7. The van der Waals surface area contributed by atoms with Gasteiger partial charge in [-0.15, -0.1) is 22.7 Å². The number of carbonyl (C=O) groups excluding carboxylic acids is 2. The second-order valence-electron chi connectivity index (χ2n) is 6.18. The number of nitrogens with zero attached hydrogens (tertiary/aromatic N) is 2. The van der Waals surface area contributed by atoms with Gasteiger partial charge in [0.1, 0.15) is 5.01 Å². The highest BCUT2D eigenvalue weighted by Gasteiger charge is 2.12. The normalized spacial score (nSPS) is 10.7. The van der Waals surface area contributed by atoms with Crippen LogP contribution >= 0.6 is 34.0 Å². The first-order chi connectivity index (χ1) is 14.1. The van der Waals surface area contributed by atoms with Crippen molar-refractivity contribution in [3.63, 3.8) is 0 Å². The van der Waals surface area contributed by atoms with Crippen molar-refractivity contribution < 1.29 is 9.59 Å². The van der Waals surface area contributed by atoms with E-state index in [1.165, 1.54) is 29.6 Å². The van der Waals surface area contributed by atoms with E-state index < -0.39 is 0 Å². The average Bonchev–Trinajstić information content (AvgIpc) is 3.43. The van der Waals surface area contributed by atoms with Gasteiger partial charge in [-0.1, -0.05) is 12.1 Å². The number of carbonyl (C=O) groups is 2. The first-order valence-electron chi connectivity index (χ1n) is 8.67. The Bertz CT molecular complexity index is 1130. The predicted molar refractivity (Wildman–Crippen MR) is 120 cm³/mol. The van der Waals surface area contributed by atoms with E-state index in [2.05, 4.69) is 20.6 Å². The third kappa shape index (κ3) is 4.94. The molecule has 2 amide bonds. The molecule has 0 fully saturated rings. The van der Waals surface area contributed by atoms with Gasteiger partial charge >= 0.3 is 0 Å². The van der Waals surface area contributed by atoms with Crippen LogP contribution in [0, 0.1) is 0 Å². The molecule has 0 bridgehead atoms. The Kier molecular flexibility index (Phi) is 5.79. The van der Waals surface area contributed by atoms with Crippen LogP contribution in [0.15, 0.2) is 51.9 Å². The van der Waals surface area contributed by atoms with Crippen LogP contribution in [-0.2, 0) is 16.0 Å². The predicted octanol–water partition coefficient (Wildman–Crippen LogP) is 5.13. The lowest BCUT2D eigenvalue weighted by atomic mass is 10.1. The van der Waals surface area contributed by atoms with Crippen molar-refractivity contribution in [3.05, 3.63) is 57.5 Å². The maximum absolute atomic E-state index is 12.4. The first kappa shape index (κ1) is 19.4. The summed E-state index contributed by atoms with van der Waals surface area (Å²) in [7, 11) is 0. The molecule has 29 heavy (non-hydrogen) atoms. The Morgan fingerprint density at radius 2 is 1.76 bits per heavy atom. The van der Waals surface area contributed by atoms with Crippen molar-refractivity contribution in [1.82, 2.24) is 9.97 Å². The van der Waals surface area contributed by atoms with Crippen molar-refractivity contribution >= 4 is 56.6 Å². The molecule has 0 unspecified atom stereocenters. The molecule has 2 N–H and O–H groups in total. The van der Waals surface area contributed by atoms with Crippen LogP contribution in [0.5, 0.6) is 0 Å². The minimum Gasteiger partial charge on any atom is -0.326 e. The summed E-state index contributed by atoms with van der Waals surface area (Å²) in [5.74, 6) is -0.256. The molecule has 6 nitrogen and oxygen atoms in total. The summed E-state index contributed by atoms with van der Waals surface area (Å²) >= 11 is 4.54. The summed E-state index contributed by atoms with van der Waals surface area (Å²) in [4.78, 5) is 32.5. The zero-order valence-corrected chi connectivity index (χ0v) is 17.8. The molecule has 0 aliphatic carbocycles. The van der Waals surface area contributed by atoms with Gasteiger partial charge in [0.15, 0.2) is 5.13 Å². The maximum atomic E-state index is 12.4. The average molecular weight is 441 g/mol. The number of benzene rings is 1. The number of nitrogens with one attached hydrogen (secondary N) is 2. The SMILES string of the molecule is CC(=O)Nc1ccc(-c2csc(NC(=O)Cc3csc(-c4ccsc4)n3)n2)cc1. The molecule has 0 aliphatic rings. The lowest BCUT2D eigenvalue weighted by Crippen LogP contribution is -2.14. The zero-order valence-electron chi connectivity index (χ0n) is 15.3. The molecule has 9 heteroatoms. The fourth-order valence-electron chi connectivity index (χ4n) is 2.63. The summed E-state index contributed by atoms with van der Waals surface area (Å²) in [5.41, 5.74) is 4.25. The highest BCUT2D eigenvalue weighted by atomic mass is 32.1. The number of hydrogen-bond donors (Lipinski definition) is 2. The molecular weight excluding hydrogens is 424 g/mol. The van der Waals surface area contributed by atoms with E-state index >= 15 is 0 Å². The van der Waals surface area contributed by atoms with Crippen LogP contribution in [0.2, 0.25) is 0 Å². The molecule has 0 saturated heterocycles. The standard InChI is InChI=1S/C20H16N4O2S3/c1-12(25)21-15-4-2-13(3-5-15)17-11-29-20(23-17)24-18(26)8-16-10-28-19(22-16)14-6-7-27-9-14/h2-7,9-11H,8H2,1H3,(H,21,25)(H,23,24,26). The Morgan fingerprint density at radius 3 is 2.48 bits per heavy atom. The third-order valence-corrected chi connectivity index (χ3v) is 6.29. The van der Waals surface area contributed by atoms with Gasteiger partial charge in [-0.3, -0.25) is 9.59 Å². The lowest BCUT2D eigenvalue weighted by molar-refractivity contribution is -0.116. The zero-order chi connectivity index (χ0) is 20.2. The monoisotopic (exact) mass is 440 g/mol. The van der Waals surface area contributed by atoms with Crippen LogP contribution in [0.25, 0.3) is 21.8 Å². The van der Waals surface area contributed by atoms with Crippen LogP contribution in [0.3, 0.4) is 0 Å². The van der Waals surface area contributed by atoms with E-state index in [0.717, 1.165) is 33.2 Å². The maximum Gasteiger partial charge on any atom is 0.232 e. The lowest BCUT2D eigenvalue weighted by Gasteiger charge is -2.03. The minimum atomic E-state index is -0.144. The third-order valence-electron chi connectivity index (χ3n) is 3.91. The van der Waals surface area contributed by atoms with Gasteiger partial charge in [0, 0.05) is 39.9 Å². The molecule has 0 saturated carbocycles. The Hall–Kier alpha value is -2.88. The molecule has 1 aromatic carbocycles. The largest absolute Gasteiger partial charge is 0.326 e. The Balaban J connectivity index is 1.37. The highest BCUT2D eigenvalue weighted by molar-refractivity contribution is 7.14. The second-order valence-corrected chi connectivity index (χ2v) is 8.67. The summed E-state index contributed by atoms with van der Waals surface area (Å²) in [6, 6.07) is 9.43. The smallest absolute Gasteiger partial charge is 0.232 e. The van der Waals surface area contributed by atoms with Crippen LogP contribution in [0.4, 0.5) is 10.8 Å². The number of thiophene rings is 1. The molecule has 4 aromatic rings. The first-order valence-corrected chi connectivity index (χ1v) is 11.4. The van der Waals surface area contributed by atoms with Crippen LogP contribution < -0.4 is 10.6 Å². The topological polar surface area (TPSA) is 84.0 Å².